The lowest BCUT2D eigenvalue weighted by Crippen LogP contribution is -2.40. The van der Waals surface area contributed by atoms with Gasteiger partial charge in [0.2, 0.25) is 0 Å². The number of imide groups is 1. The fourth-order valence-corrected chi connectivity index (χ4v) is 3.04. The molecule has 1 aromatic carbocycles. The number of hydrogen-bond acceptors (Lipinski definition) is 5. The number of nitrogens with one attached hydrogen (secondary N) is 1. The summed E-state index contributed by atoms with van der Waals surface area (Å²) < 4.78 is 18.5. The van der Waals surface area contributed by atoms with Crippen molar-refractivity contribution in [2.75, 3.05) is 12.3 Å². The van der Waals surface area contributed by atoms with Crippen LogP contribution in [0, 0.1) is 5.82 Å². The van der Waals surface area contributed by atoms with Gasteiger partial charge in [-0.3, -0.25) is 9.69 Å². The molecule has 0 unspecified atom stereocenters. The Morgan fingerprint density at radius 1 is 1.29 bits per heavy atom. The highest BCUT2D eigenvalue weighted by Gasteiger charge is 2.43. The second-order valence-corrected chi connectivity index (χ2v) is 6.90. The number of carbonyl (C=O) groups is 2. The minimum atomic E-state index is -0.861. The van der Waals surface area contributed by atoms with E-state index in [0.717, 1.165) is 5.56 Å². The first-order chi connectivity index (χ1) is 11.4. The molecule has 0 saturated carbocycles. The van der Waals surface area contributed by atoms with Crippen molar-refractivity contribution in [2.24, 2.45) is 0 Å². The van der Waals surface area contributed by atoms with E-state index in [-0.39, 0.29) is 24.3 Å². The highest BCUT2D eigenvalue weighted by Crippen LogP contribution is 2.26. The summed E-state index contributed by atoms with van der Waals surface area (Å²) in [6.45, 7) is 3.61. The van der Waals surface area contributed by atoms with E-state index in [9.17, 15) is 14.0 Å². The Kier molecular flexibility index (Phi) is 4.31. The zero-order valence-corrected chi connectivity index (χ0v) is 14.0. The van der Waals surface area contributed by atoms with Crippen molar-refractivity contribution in [1.82, 2.24) is 15.2 Å². The number of carbonyl (C=O) groups excluding carboxylic acids is 2. The highest BCUT2D eigenvalue weighted by molar-refractivity contribution is 7.99. The Morgan fingerprint density at radius 3 is 2.62 bits per heavy atom. The lowest BCUT2D eigenvalue weighted by molar-refractivity contribution is -0.130. The third kappa shape index (κ3) is 3.28. The molecule has 3 amide bonds. The Labute approximate surface area is 142 Å². The largest absolute Gasteiger partial charge is 0.431 e. The minimum Gasteiger partial charge on any atom is -0.431 e. The van der Waals surface area contributed by atoms with E-state index in [4.69, 9.17) is 4.42 Å². The first-order valence-electron chi connectivity index (χ1n) is 7.35. The third-order valence-corrected chi connectivity index (χ3v) is 4.42. The number of amides is 3. The summed E-state index contributed by atoms with van der Waals surface area (Å²) in [5, 5.41) is 3.06. The zero-order chi connectivity index (χ0) is 17.3. The van der Waals surface area contributed by atoms with Gasteiger partial charge in [0, 0.05) is 17.9 Å². The Balaban J connectivity index is 1.57. The molecule has 1 aromatic heterocycles. The molecule has 0 radical (unpaired) electrons. The Bertz CT molecular complexity index is 773. The minimum absolute atomic E-state index is 0.243. The maximum absolute atomic E-state index is 12.9. The molecule has 0 bridgehead atoms. The van der Waals surface area contributed by atoms with E-state index in [1.54, 1.807) is 32.2 Å². The summed E-state index contributed by atoms with van der Waals surface area (Å²) in [5.41, 5.74) is -0.132. The van der Waals surface area contributed by atoms with Crippen molar-refractivity contribution in [1.29, 1.82) is 0 Å². The number of halogens is 1. The van der Waals surface area contributed by atoms with Crippen LogP contribution in [-0.4, -0.2) is 39.7 Å². The summed E-state index contributed by atoms with van der Waals surface area (Å²) in [5.74, 6) is 0.448. The van der Waals surface area contributed by atoms with Crippen LogP contribution in [0.25, 0.3) is 11.3 Å². The van der Waals surface area contributed by atoms with Crippen molar-refractivity contribution in [2.45, 2.75) is 24.6 Å². The number of urea groups is 1. The second kappa shape index (κ2) is 6.27. The van der Waals surface area contributed by atoms with Gasteiger partial charge in [0.05, 0.1) is 6.20 Å². The quantitative estimate of drug-likeness (QED) is 0.663. The van der Waals surface area contributed by atoms with Gasteiger partial charge in [-0.05, 0) is 38.1 Å². The maximum Gasteiger partial charge on any atom is 0.325 e. The van der Waals surface area contributed by atoms with Crippen LogP contribution in [-0.2, 0) is 4.79 Å². The summed E-state index contributed by atoms with van der Waals surface area (Å²) >= 11 is 1.30. The number of rotatable bonds is 5. The number of aromatic nitrogens is 1. The first kappa shape index (κ1) is 16.5. The molecular weight excluding hydrogens is 333 g/mol. The molecule has 2 aromatic rings. The predicted octanol–water partition coefficient (Wildman–Crippen LogP) is 2.90. The summed E-state index contributed by atoms with van der Waals surface area (Å²) in [4.78, 5) is 29.2. The predicted molar refractivity (Wildman–Crippen MR) is 86.9 cm³/mol. The Hall–Kier alpha value is -2.35. The molecule has 1 N–H and O–H groups in total. The molecule has 0 atom stereocenters. The molecule has 6 nitrogen and oxygen atoms in total. The molecule has 3 rings (SSSR count). The van der Waals surface area contributed by atoms with Crippen LogP contribution in [0.3, 0.4) is 0 Å². The number of benzene rings is 1. The van der Waals surface area contributed by atoms with Crippen LogP contribution in [0.15, 0.2) is 40.1 Å². The van der Waals surface area contributed by atoms with E-state index in [0.29, 0.717) is 16.7 Å². The molecule has 8 heteroatoms. The number of thioether (sulfide) groups is 1. The van der Waals surface area contributed by atoms with E-state index >= 15 is 0 Å². The molecule has 1 aliphatic rings. The average molecular weight is 349 g/mol. The van der Waals surface area contributed by atoms with Gasteiger partial charge in [0.25, 0.3) is 11.1 Å². The standard InChI is InChI=1S/C16H16FN3O3S/c1-16(2)13(21)20(14(22)19-16)7-8-24-15-18-9-12(23-15)10-3-5-11(17)6-4-10/h3-6,9H,7-8H2,1-2H3,(H,19,22). The monoisotopic (exact) mass is 349 g/mol. The molecule has 1 fully saturated rings. The van der Waals surface area contributed by atoms with Crippen molar-refractivity contribution >= 4 is 23.7 Å². The number of nitrogens with zero attached hydrogens (tertiary/aromatic N) is 2. The molecular formula is C16H16FN3O3S. The van der Waals surface area contributed by atoms with Crippen molar-refractivity contribution in [3.63, 3.8) is 0 Å². The van der Waals surface area contributed by atoms with E-state index in [2.05, 4.69) is 10.3 Å². The number of hydrogen-bond donors (Lipinski definition) is 1. The van der Waals surface area contributed by atoms with E-state index < -0.39 is 5.54 Å². The molecule has 24 heavy (non-hydrogen) atoms. The Morgan fingerprint density at radius 2 is 2.00 bits per heavy atom. The van der Waals surface area contributed by atoms with E-state index in [1.165, 1.54) is 28.8 Å². The molecule has 1 saturated heterocycles. The average Bonchev–Trinajstić information content (AvgIpc) is 3.06. The summed E-state index contributed by atoms with van der Waals surface area (Å²) in [7, 11) is 0. The van der Waals surface area contributed by atoms with Gasteiger partial charge < -0.3 is 9.73 Å². The zero-order valence-electron chi connectivity index (χ0n) is 13.2. The number of oxazole rings is 1. The van der Waals surface area contributed by atoms with Crippen LogP contribution >= 0.6 is 11.8 Å². The van der Waals surface area contributed by atoms with Crippen LogP contribution < -0.4 is 5.32 Å². The van der Waals surface area contributed by atoms with E-state index in [1.807, 2.05) is 0 Å². The normalized spacial score (nSPS) is 16.5. The van der Waals surface area contributed by atoms with Crippen LogP contribution in [0.4, 0.5) is 9.18 Å². The van der Waals surface area contributed by atoms with Gasteiger partial charge in [0.15, 0.2) is 5.76 Å². The van der Waals surface area contributed by atoms with Gasteiger partial charge in [0.1, 0.15) is 11.4 Å². The molecule has 0 aliphatic carbocycles. The first-order valence-corrected chi connectivity index (χ1v) is 8.34. The molecule has 2 heterocycles. The lowest BCUT2D eigenvalue weighted by atomic mass is 10.1. The molecule has 0 spiro atoms. The van der Waals surface area contributed by atoms with Crippen molar-refractivity contribution in [3.05, 3.63) is 36.3 Å². The fraction of sp³-hybridized carbons (Fsp3) is 0.312. The third-order valence-electron chi connectivity index (χ3n) is 3.60. The van der Waals surface area contributed by atoms with Crippen LogP contribution in [0.2, 0.25) is 0 Å². The smallest absolute Gasteiger partial charge is 0.325 e. The van der Waals surface area contributed by atoms with Crippen LogP contribution in [0.1, 0.15) is 13.8 Å². The topological polar surface area (TPSA) is 75.4 Å². The molecule has 1 aliphatic heterocycles. The lowest BCUT2D eigenvalue weighted by Gasteiger charge is -2.15. The van der Waals surface area contributed by atoms with Crippen molar-refractivity contribution in [3.8, 4) is 11.3 Å². The van der Waals surface area contributed by atoms with Gasteiger partial charge >= 0.3 is 6.03 Å². The summed E-state index contributed by atoms with van der Waals surface area (Å²) in [6, 6.07) is 5.54. The summed E-state index contributed by atoms with van der Waals surface area (Å²) in [6.07, 6.45) is 1.56. The second-order valence-electron chi connectivity index (χ2n) is 5.86. The van der Waals surface area contributed by atoms with Gasteiger partial charge in [-0.15, -0.1) is 0 Å². The van der Waals surface area contributed by atoms with Gasteiger partial charge in [-0.1, -0.05) is 11.8 Å². The highest BCUT2D eigenvalue weighted by atomic mass is 32.2. The SMILES string of the molecule is CC1(C)NC(=O)N(CCSc2ncc(-c3ccc(F)cc3)o2)C1=O. The van der Waals surface area contributed by atoms with Crippen molar-refractivity contribution < 1.29 is 18.4 Å². The molecule has 126 valence electrons. The maximum atomic E-state index is 12.9. The van der Waals surface area contributed by atoms with Crippen LogP contribution in [0.5, 0.6) is 0 Å². The fourth-order valence-electron chi connectivity index (χ4n) is 2.32. The van der Waals surface area contributed by atoms with Gasteiger partial charge in [-0.25, -0.2) is 14.2 Å². The van der Waals surface area contributed by atoms with Gasteiger partial charge in [-0.2, -0.15) is 0 Å².